The number of nitrogens with zero attached hydrogens (tertiary/aromatic N) is 8. The van der Waals surface area contributed by atoms with Crippen LogP contribution >= 0.6 is 15.9 Å². The summed E-state index contributed by atoms with van der Waals surface area (Å²) < 4.78 is 11.1. The lowest BCUT2D eigenvalue weighted by molar-refractivity contribution is 0.198. The summed E-state index contributed by atoms with van der Waals surface area (Å²) in [6.45, 7) is 6.71. The summed E-state index contributed by atoms with van der Waals surface area (Å²) in [5, 5.41) is 24.3. The molecular formula is C56H77BrN12O3. The quantitative estimate of drug-likeness (QED) is 0.0108. The Morgan fingerprint density at radius 1 is 0.542 bits per heavy atom. The van der Waals surface area contributed by atoms with Crippen LogP contribution < -0.4 is 27.3 Å². The summed E-state index contributed by atoms with van der Waals surface area (Å²) in [5.74, 6) is 1.70. The number of para-hydroxylation sites is 5. The number of halogens is 1. The highest BCUT2D eigenvalue weighted by Gasteiger charge is 2.11. The summed E-state index contributed by atoms with van der Waals surface area (Å²) in [7, 11) is 0. The third-order valence-electron chi connectivity index (χ3n) is 10.9. The van der Waals surface area contributed by atoms with Gasteiger partial charge in [-0.3, -0.25) is 0 Å². The van der Waals surface area contributed by atoms with E-state index in [2.05, 4.69) is 53.4 Å². The van der Waals surface area contributed by atoms with Gasteiger partial charge in [-0.15, -0.1) is 0 Å². The first kappa shape index (κ1) is 60.2. The molecule has 2 aromatic heterocycles. The van der Waals surface area contributed by atoms with Crippen molar-refractivity contribution in [2.24, 2.45) is 27.4 Å². The van der Waals surface area contributed by atoms with Crippen LogP contribution in [0.15, 0.2) is 138 Å². The van der Waals surface area contributed by atoms with Crippen molar-refractivity contribution in [1.29, 1.82) is 0 Å². The van der Waals surface area contributed by atoms with E-state index in [1.165, 1.54) is 32.1 Å². The van der Waals surface area contributed by atoms with Gasteiger partial charge in [-0.2, -0.15) is 0 Å². The number of anilines is 1. The van der Waals surface area contributed by atoms with E-state index in [0.717, 1.165) is 163 Å². The Morgan fingerprint density at radius 2 is 0.958 bits per heavy atom. The fourth-order valence-electron chi connectivity index (χ4n) is 7.20. The Hall–Kier alpha value is -6.06. The molecule has 0 unspecified atom stereocenters. The number of rotatable bonds is 22. The Labute approximate surface area is 434 Å². The van der Waals surface area contributed by atoms with Gasteiger partial charge in [0.25, 0.3) is 0 Å². The van der Waals surface area contributed by atoms with Gasteiger partial charge in [0, 0.05) is 76.2 Å². The van der Waals surface area contributed by atoms with Crippen LogP contribution in [0.2, 0.25) is 0 Å². The molecular weight excluding hydrogens is 969 g/mol. The van der Waals surface area contributed by atoms with Gasteiger partial charge in [0.2, 0.25) is 0 Å². The lowest BCUT2D eigenvalue weighted by Crippen LogP contribution is -2.03. The predicted molar refractivity (Wildman–Crippen MR) is 305 cm³/mol. The van der Waals surface area contributed by atoms with E-state index >= 15 is 0 Å². The Morgan fingerprint density at radius 3 is 1.39 bits per heavy atom. The molecule has 0 aliphatic carbocycles. The smallest absolute Gasteiger partial charge is 0.146 e. The zero-order valence-electron chi connectivity index (χ0n) is 42.0. The largest absolute Gasteiger partial charge is 0.456 e. The minimum Gasteiger partial charge on any atom is -0.456 e. The van der Waals surface area contributed by atoms with Crippen LogP contribution in [0, 0.1) is 0 Å². The molecule has 1 saturated heterocycles. The summed E-state index contributed by atoms with van der Waals surface area (Å²) in [5.41, 5.74) is 36.9. The Balaban J connectivity index is 0.000000253. The zero-order chi connectivity index (χ0) is 51.5. The summed E-state index contributed by atoms with van der Waals surface area (Å²) in [6, 6.07) is 42.4. The maximum Gasteiger partial charge on any atom is 0.146 e. The molecule has 0 radical (unpaired) electrons. The number of hydrogen-bond donors (Lipinski definition) is 5. The second-order valence-electron chi connectivity index (χ2n) is 16.6. The minimum atomic E-state index is 0.306. The average molecular weight is 1050 g/mol. The summed E-state index contributed by atoms with van der Waals surface area (Å²) in [4.78, 5) is 14.8. The van der Waals surface area contributed by atoms with E-state index in [0.29, 0.717) is 19.7 Å². The number of aromatic nitrogens is 2. The SMILES string of the molecule is C1CCOC1.NCCCCCBr.NCCCCCO.[N-]=[N+]=NCCCCCN.[N-]=[N+]=NCCCCCNc1c2ccccc2nc2ccccc12.c1ccc(Oc2c3ccccc3nc3ccccc23)cc1. The molecule has 3 heterocycles. The molecule has 16 heteroatoms. The van der Waals surface area contributed by atoms with E-state index in [4.69, 9.17) is 52.8 Å². The minimum absolute atomic E-state index is 0.306. The van der Waals surface area contributed by atoms with Gasteiger partial charge in [-0.05, 0) is 150 Å². The third-order valence-corrected chi connectivity index (χ3v) is 11.5. The molecule has 1 aliphatic heterocycles. The molecule has 8 rings (SSSR count). The molecule has 0 bridgehead atoms. The highest BCUT2D eigenvalue weighted by Crippen LogP contribution is 2.36. The zero-order valence-corrected chi connectivity index (χ0v) is 43.6. The van der Waals surface area contributed by atoms with Crippen LogP contribution in [0.4, 0.5) is 5.69 Å². The van der Waals surface area contributed by atoms with Gasteiger partial charge in [0.15, 0.2) is 0 Å². The number of benzene rings is 5. The maximum absolute atomic E-state index is 8.26. The van der Waals surface area contributed by atoms with E-state index in [9.17, 15) is 0 Å². The van der Waals surface area contributed by atoms with Crippen molar-refractivity contribution >= 4 is 65.2 Å². The number of pyridine rings is 2. The monoisotopic (exact) mass is 1040 g/mol. The van der Waals surface area contributed by atoms with Gasteiger partial charge < -0.3 is 37.1 Å². The molecule has 5 aromatic carbocycles. The number of nitrogens with two attached hydrogens (primary N) is 3. The van der Waals surface area contributed by atoms with Crippen LogP contribution in [0.1, 0.15) is 89.9 Å². The summed E-state index contributed by atoms with van der Waals surface area (Å²) >= 11 is 3.34. The van der Waals surface area contributed by atoms with Gasteiger partial charge >= 0.3 is 0 Å². The van der Waals surface area contributed by atoms with E-state index in [-0.39, 0.29) is 0 Å². The van der Waals surface area contributed by atoms with Gasteiger partial charge in [0.1, 0.15) is 11.5 Å². The van der Waals surface area contributed by atoms with E-state index < -0.39 is 0 Å². The highest BCUT2D eigenvalue weighted by molar-refractivity contribution is 9.09. The Bertz CT molecular complexity index is 2460. The number of hydrogen-bond acceptors (Lipinski definition) is 11. The third kappa shape index (κ3) is 24.4. The lowest BCUT2D eigenvalue weighted by Gasteiger charge is -2.13. The normalized spacial score (nSPS) is 11.1. The van der Waals surface area contributed by atoms with E-state index in [1.54, 1.807) is 0 Å². The molecule has 386 valence electrons. The summed E-state index contributed by atoms with van der Waals surface area (Å²) in [6.07, 6.45) is 15.3. The molecule has 72 heavy (non-hydrogen) atoms. The first-order valence-electron chi connectivity index (χ1n) is 25.4. The number of azide groups is 2. The van der Waals surface area contributed by atoms with Crippen LogP contribution in [0.3, 0.4) is 0 Å². The van der Waals surface area contributed by atoms with Crippen molar-refractivity contribution in [1.82, 2.24) is 9.97 Å². The number of fused-ring (bicyclic) bond motifs is 4. The standard InChI is InChI=1S/C19H13NO.C18H19N5.C5H12BrN.C5H12N4.C5H13NO.C4H8O/c1-2-8-14(9-3-1)21-19-15-10-4-6-12-17(15)20-18-13-7-5-11-16(18)19;19-23-21-13-7-1-6-12-20-18-14-8-2-4-10-16(14)22-17-11-5-3-9-15(17)18;6-4-2-1-3-5-7;6-4-2-1-3-5-8-9-7;6-4-2-1-3-5-7;1-2-4-5-3-1/h1-13H;2-5,8-11H,1,6-7,12-13H2,(H,20,22);1-5,7H2;1-6H2;7H,1-6H2;1-4H2. The highest BCUT2D eigenvalue weighted by atomic mass is 79.9. The predicted octanol–water partition coefficient (Wildman–Crippen LogP) is 14.3. The second-order valence-corrected chi connectivity index (χ2v) is 17.4. The average Bonchev–Trinajstić information content (AvgIpc) is 4.03. The Kier molecular flexibility index (Phi) is 33.9. The molecule has 15 nitrogen and oxygen atoms in total. The van der Waals surface area contributed by atoms with Crippen molar-refractivity contribution in [3.63, 3.8) is 0 Å². The molecule has 1 fully saturated rings. The number of unbranched alkanes of at least 4 members (excludes halogenated alkanes) is 8. The molecule has 1 aliphatic rings. The number of nitrogens with one attached hydrogen (secondary N) is 1. The molecule has 0 amide bonds. The molecule has 0 atom stereocenters. The topological polar surface area (TPSA) is 252 Å². The lowest BCUT2D eigenvalue weighted by atomic mass is 10.1. The number of aliphatic hydroxyl groups is 1. The van der Waals surface area contributed by atoms with Crippen LogP contribution in [-0.4, -0.2) is 79.5 Å². The fraction of sp³-hybridized carbons (Fsp3) is 0.429. The molecule has 7 aromatic rings. The van der Waals surface area contributed by atoms with Gasteiger partial charge in [0.05, 0.1) is 27.8 Å². The van der Waals surface area contributed by atoms with Crippen molar-refractivity contribution < 1.29 is 14.6 Å². The van der Waals surface area contributed by atoms with Crippen molar-refractivity contribution in [3.05, 3.63) is 148 Å². The van der Waals surface area contributed by atoms with E-state index in [1.807, 2.05) is 115 Å². The van der Waals surface area contributed by atoms with Crippen molar-refractivity contribution in [3.8, 4) is 11.5 Å². The van der Waals surface area contributed by atoms with Gasteiger partial charge in [-0.1, -0.05) is 124 Å². The molecule has 0 spiro atoms. The fourth-order valence-corrected chi connectivity index (χ4v) is 7.59. The first-order valence-corrected chi connectivity index (χ1v) is 26.6. The van der Waals surface area contributed by atoms with Crippen molar-refractivity contribution in [2.75, 3.05) is 69.7 Å². The second kappa shape index (κ2) is 40.5. The number of aliphatic hydroxyl groups excluding tert-OH is 1. The van der Waals surface area contributed by atoms with Crippen LogP contribution in [0.25, 0.3) is 64.5 Å². The number of ether oxygens (including phenoxy) is 2. The van der Waals surface area contributed by atoms with Gasteiger partial charge in [-0.25, -0.2) is 9.97 Å². The van der Waals surface area contributed by atoms with Crippen molar-refractivity contribution in [2.45, 2.75) is 89.9 Å². The maximum atomic E-state index is 8.26. The van der Waals surface area contributed by atoms with Crippen LogP contribution in [-0.2, 0) is 4.74 Å². The molecule has 0 saturated carbocycles. The van der Waals surface area contributed by atoms with Crippen LogP contribution in [0.5, 0.6) is 11.5 Å². The first-order chi connectivity index (χ1) is 35.6. The number of alkyl halides is 1. The molecule has 8 N–H and O–H groups in total.